The molecule has 3 unspecified atom stereocenters. The molecule has 3 atom stereocenters. The molecule has 0 aromatic heterocycles. The first-order valence-corrected chi connectivity index (χ1v) is 7.20. The Morgan fingerprint density at radius 3 is 2.70 bits per heavy atom. The van der Waals surface area contributed by atoms with E-state index in [2.05, 4.69) is 18.7 Å². The Balaban J connectivity index is 2.13. The summed E-state index contributed by atoms with van der Waals surface area (Å²) in [6, 6.07) is 5.68. The van der Waals surface area contributed by atoms with Gasteiger partial charge in [0.1, 0.15) is 11.5 Å². The van der Waals surface area contributed by atoms with Crippen LogP contribution in [0.3, 0.4) is 0 Å². The van der Waals surface area contributed by atoms with Crippen LogP contribution in [0.25, 0.3) is 0 Å². The topological polar surface area (TPSA) is 41.9 Å². The highest BCUT2D eigenvalue weighted by atomic mass is 16.5. The van der Waals surface area contributed by atoms with Crippen molar-refractivity contribution in [2.45, 2.75) is 32.4 Å². The van der Waals surface area contributed by atoms with Crippen LogP contribution in [0.5, 0.6) is 11.5 Å². The Kier molecular flexibility index (Phi) is 4.89. The Bertz CT molecular complexity index is 449. The summed E-state index contributed by atoms with van der Waals surface area (Å²) >= 11 is 0. The average molecular weight is 279 g/mol. The van der Waals surface area contributed by atoms with Crippen LogP contribution in [-0.2, 0) is 4.74 Å². The van der Waals surface area contributed by atoms with E-state index in [1.165, 1.54) is 0 Å². The second kappa shape index (κ2) is 6.46. The van der Waals surface area contributed by atoms with Gasteiger partial charge in [-0.15, -0.1) is 0 Å². The molecule has 1 aromatic carbocycles. The lowest BCUT2D eigenvalue weighted by molar-refractivity contribution is -0.0173. The molecule has 0 amide bonds. The molecule has 0 saturated carbocycles. The molecule has 0 spiro atoms. The van der Waals surface area contributed by atoms with Gasteiger partial charge < -0.3 is 14.6 Å². The molecule has 1 aliphatic rings. The molecule has 20 heavy (non-hydrogen) atoms. The van der Waals surface area contributed by atoms with E-state index in [0.29, 0.717) is 17.4 Å². The van der Waals surface area contributed by atoms with Gasteiger partial charge in [-0.05, 0) is 31.9 Å². The van der Waals surface area contributed by atoms with Gasteiger partial charge in [0, 0.05) is 31.3 Å². The maximum atomic E-state index is 10.2. The van der Waals surface area contributed by atoms with Gasteiger partial charge in [0.25, 0.3) is 0 Å². The van der Waals surface area contributed by atoms with Gasteiger partial charge in [-0.3, -0.25) is 4.90 Å². The van der Waals surface area contributed by atoms with Crippen LogP contribution in [0.4, 0.5) is 0 Å². The SMILES string of the molecule is COc1ccc(C(C)N2CCC(C)C(OC)C2)c(O)c1. The Hall–Kier alpha value is -1.26. The van der Waals surface area contributed by atoms with Crippen molar-refractivity contribution < 1.29 is 14.6 Å². The van der Waals surface area contributed by atoms with Crippen molar-refractivity contribution in [3.8, 4) is 11.5 Å². The molecule has 1 fully saturated rings. The molecule has 0 bridgehead atoms. The summed E-state index contributed by atoms with van der Waals surface area (Å²) in [4.78, 5) is 2.37. The van der Waals surface area contributed by atoms with E-state index in [1.54, 1.807) is 20.3 Å². The molecule has 2 rings (SSSR count). The number of rotatable bonds is 4. The second-order valence-electron chi connectivity index (χ2n) is 5.64. The van der Waals surface area contributed by atoms with Crippen LogP contribution in [0.15, 0.2) is 18.2 Å². The van der Waals surface area contributed by atoms with Crippen LogP contribution >= 0.6 is 0 Å². The quantitative estimate of drug-likeness (QED) is 0.920. The van der Waals surface area contributed by atoms with E-state index in [9.17, 15) is 5.11 Å². The summed E-state index contributed by atoms with van der Waals surface area (Å²) in [6.45, 7) is 6.31. The monoisotopic (exact) mass is 279 g/mol. The maximum absolute atomic E-state index is 10.2. The molecule has 1 saturated heterocycles. The number of aromatic hydroxyl groups is 1. The van der Waals surface area contributed by atoms with Gasteiger partial charge in [0.2, 0.25) is 0 Å². The van der Waals surface area contributed by atoms with Gasteiger partial charge in [-0.2, -0.15) is 0 Å². The van der Waals surface area contributed by atoms with E-state index >= 15 is 0 Å². The number of ether oxygens (including phenoxy) is 2. The third-order valence-corrected chi connectivity index (χ3v) is 4.46. The summed E-state index contributed by atoms with van der Waals surface area (Å²) in [5.74, 6) is 1.57. The zero-order valence-corrected chi connectivity index (χ0v) is 12.8. The van der Waals surface area contributed by atoms with Crippen LogP contribution in [-0.4, -0.2) is 43.4 Å². The van der Waals surface area contributed by atoms with Crippen LogP contribution in [0.2, 0.25) is 0 Å². The molecule has 1 heterocycles. The highest BCUT2D eigenvalue weighted by Gasteiger charge is 2.29. The Morgan fingerprint density at radius 2 is 2.10 bits per heavy atom. The lowest BCUT2D eigenvalue weighted by atomic mass is 9.93. The highest BCUT2D eigenvalue weighted by molar-refractivity contribution is 5.41. The number of piperidine rings is 1. The minimum atomic E-state index is 0.172. The summed E-state index contributed by atoms with van der Waals surface area (Å²) < 4.78 is 10.7. The molecule has 112 valence electrons. The minimum absolute atomic E-state index is 0.172. The first kappa shape index (κ1) is 15.1. The summed E-state index contributed by atoms with van der Waals surface area (Å²) in [5, 5.41) is 10.2. The Labute approximate surface area is 121 Å². The van der Waals surface area contributed by atoms with Gasteiger partial charge in [0.05, 0.1) is 13.2 Å². The summed E-state index contributed by atoms with van der Waals surface area (Å²) in [7, 11) is 3.38. The van der Waals surface area contributed by atoms with Crippen molar-refractivity contribution >= 4 is 0 Å². The first-order valence-electron chi connectivity index (χ1n) is 7.20. The van der Waals surface area contributed by atoms with E-state index in [0.717, 1.165) is 25.1 Å². The number of phenols is 1. The van der Waals surface area contributed by atoms with Crippen molar-refractivity contribution in [3.05, 3.63) is 23.8 Å². The van der Waals surface area contributed by atoms with Gasteiger partial charge >= 0.3 is 0 Å². The smallest absolute Gasteiger partial charge is 0.124 e. The number of phenolic OH excluding ortho intramolecular Hbond substituents is 1. The van der Waals surface area contributed by atoms with Crippen LogP contribution in [0, 0.1) is 5.92 Å². The molecule has 4 nitrogen and oxygen atoms in total. The minimum Gasteiger partial charge on any atom is -0.507 e. The predicted octanol–water partition coefficient (Wildman–Crippen LogP) is 2.82. The maximum Gasteiger partial charge on any atom is 0.124 e. The van der Waals surface area contributed by atoms with E-state index < -0.39 is 0 Å². The fourth-order valence-electron chi connectivity index (χ4n) is 2.92. The summed E-state index contributed by atoms with van der Waals surface area (Å²) in [6.07, 6.45) is 1.39. The molecule has 1 aromatic rings. The fraction of sp³-hybridized carbons (Fsp3) is 0.625. The van der Waals surface area contributed by atoms with Crippen LogP contribution < -0.4 is 4.74 Å². The van der Waals surface area contributed by atoms with Crippen molar-refractivity contribution in [2.24, 2.45) is 5.92 Å². The number of methoxy groups -OCH3 is 2. The zero-order chi connectivity index (χ0) is 14.7. The largest absolute Gasteiger partial charge is 0.507 e. The van der Waals surface area contributed by atoms with Gasteiger partial charge in [0.15, 0.2) is 0 Å². The van der Waals surface area contributed by atoms with Gasteiger partial charge in [-0.1, -0.05) is 13.0 Å². The number of nitrogens with zero attached hydrogens (tertiary/aromatic N) is 1. The lowest BCUT2D eigenvalue weighted by Crippen LogP contribution is -2.44. The molecule has 1 N–H and O–H groups in total. The third kappa shape index (κ3) is 3.07. The predicted molar refractivity (Wildman–Crippen MR) is 79.2 cm³/mol. The lowest BCUT2D eigenvalue weighted by Gasteiger charge is -2.39. The number of benzene rings is 1. The van der Waals surface area contributed by atoms with Gasteiger partial charge in [-0.25, -0.2) is 0 Å². The summed E-state index contributed by atoms with van der Waals surface area (Å²) in [5.41, 5.74) is 0.940. The van der Waals surface area contributed by atoms with Crippen molar-refractivity contribution in [3.63, 3.8) is 0 Å². The number of hydrogen-bond donors (Lipinski definition) is 1. The molecule has 4 heteroatoms. The normalized spacial score (nSPS) is 25.4. The molecular formula is C16H25NO3. The van der Waals surface area contributed by atoms with Crippen molar-refractivity contribution in [2.75, 3.05) is 27.3 Å². The van der Waals surface area contributed by atoms with Crippen molar-refractivity contribution in [1.29, 1.82) is 0 Å². The van der Waals surface area contributed by atoms with Crippen molar-refractivity contribution in [1.82, 2.24) is 4.90 Å². The number of hydrogen-bond acceptors (Lipinski definition) is 4. The van der Waals surface area contributed by atoms with Crippen LogP contribution in [0.1, 0.15) is 31.9 Å². The molecule has 0 radical (unpaired) electrons. The van der Waals surface area contributed by atoms with E-state index in [1.807, 2.05) is 12.1 Å². The highest BCUT2D eigenvalue weighted by Crippen LogP contribution is 2.34. The second-order valence-corrected chi connectivity index (χ2v) is 5.64. The zero-order valence-electron chi connectivity index (χ0n) is 12.8. The third-order valence-electron chi connectivity index (χ3n) is 4.46. The number of likely N-dealkylation sites (tertiary alicyclic amines) is 1. The van der Waals surface area contributed by atoms with E-state index in [-0.39, 0.29) is 12.1 Å². The standard InChI is InChI=1S/C16H25NO3/c1-11-7-8-17(10-16(11)20-4)12(2)14-6-5-13(19-3)9-15(14)18/h5-6,9,11-12,16,18H,7-8,10H2,1-4H3. The molecular weight excluding hydrogens is 254 g/mol. The molecule has 0 aliphatic carbocycles. The first-order chi connectivity index (χ1) is 9.56. The van der Waals surface area contributed by atoms with E-state index in [4.69, 9.17) is 9.47 Å². The fourth-order valence-corrected chi connectivity index (χ4v) is 2.92. The Morgan fingerprint density at radius 1 is 1.35 bits per heavy atom. The molecule has 1 aliphatic heterocycles. The average Bonchev–Trinajstić information content (AvgIpc) is 2.47.